The van der Waals surface area contributed by atoms with Crippen LogP contribution in [0.3, 0.4) is 0 Å². The molecule has 1 aromatic rings. The largest absolute Gasteiger partial charge is 0.459 e. The molecule has 1 heterocycles. The third-order valence-electron chi connectivity index (χ3n) is 4.10. The zero-order valence-electron chi connectivity index (χ0n) is 15.5. The van der Waals surface area contributed by atoms with Crippen molar-refractivity contribution in [3.8, 4) is 0 Å². The molecule has 4 nitrogen and oxygen atoms in total. The Morgan fingerprint density at radius 2 is 1.92 bits per heavy atom. The van der Waals surface area contributed by atoms with Crippen LogP contribution in [0.4, 0.5) is 0 Å². The number of hydrogen-bond acceptors (Lipinski definition) is 4. The summed E-state index contributed by atoms with van der Waals surface area (Å²) in [6.07, 6.45) is 11.3. The van der Waals surface area contributed by atoms with Crippen molar-refractivity contribution in [1.82, 2.24) is 0 Å². The number of allylic oxidation sites excluding steroid dienone is 3. The van der Waals surface area contributed by atoms with Crippen LogP contribution < -0.4 is 0 Å². The van der Waals surface area contributed by atoms with E-state index in [-0.39, 0.29) is 12.1 Å². The number of hydrogen-bond donors (Lipinski definition) is 0. The second-order valence-electron chi connectivity index (χ2n) is 6.46. The van der Waals surface area contributed by atoms with Crippen molar-refractivity contribution in [2.75, 3.05) is 7.11 Å². The summed E-state index contributed by atoms with van der Waals surface area (Å²) in [6.45, 7) is 5.90. The number of benzene rings is 1. The Kier molecular flexibility index (Phi) is 6.99. The minimum absolute atomic E-state index is 0.150. The van der Waals surface area contributed by atoms with Crippen LogP contribution in [0.2, 0.25) is 0 Å². The number of ether oxygens (including phenoxy) is 1. The number of nitrogens with zero attached hydrogens (tertiary/aromatic N) is 1. The zero-order valence-corrected chi connectivity index (χ0v) is 15.5. The SMILES string of the molecule is CON=C1C=CCC/C=C/CC(C)OC(=O)c2c(C)cc(C)cc2C1. The minimum atomic E-state index is -0.272. The molecule has 4 heteroatoms. The van der Waals surface area contributed by atoms with Crippen LogP contribution in [-0.2, 0) is 16.0 Å². The number of carbonyl (C=O) groups is 1. The summed E-state index contributed by atoms with van der Waals surface area (Å²) in [6, 6.07) is 4.04. The summed E-state index contributed by atoms with van der Waals surface area (Å²) < 4.78 is 5.66. The van der Waals surface area contributed by atoms with Gasteiger partial charge in [0.1, 0.15) is 13.2 Å². The molecule has 1 aliphatic heterocycles. The first-order chi connectivity index (χ1) is 12.0. The van der Waals surface area contributed by atoms with E-state index in [4.69, 9.17) is 9.57 Å². The summed E-state index contributed by atoms with van der Waals surface area (Å²) in [4.78, 5) is 17.7. The molecule has 1 aromatic carbocycles. The van der Waals surface area contributed by atoms with Gasteiger partial charge in [0.15, 0.2) is 0 Å². The molecule has 0 radical (unpaired) electrons. The van der Waals surface area contributed by atoms with Gasteiger partial charge in [-0.1, -0.05) is 41.1 Å². The lowest BCUT2D eigenvalue weighted by Crippen LogP contribution is -2.18. The molecule has 0 aromatic heterocycles. The molecule has 0 saturated carbocycles. The minimum Gasteiger partial charge on any atom is -0.459 e. The normalized spacial score (nSPS) is 22.0. The molecule has 134 valence electrons. The molecule has 1 aliphatic rings. The Labute approximate surface area is 150 Å². The predicted octanol–water partition coefficient (Wildman–Crippen LogP) is 4.69. The van der Waals surface area contributed by atoms with Gasteiger partial charge in [0, 0.05) is 12.8 Å². The Bertz CT molecular complexity index is 701. The summed E-state index contributed by atoms with van der Waals surface area (Å²) in [7, 11) is 1.53. The summed E-state index contributed by atoms with van der Waals surface area (Å²) in [5.41, 5.74) is 4.38. The van der Waals surface area contributed by atoms with E-state index in [1.54, 1.807) is 0 Å². The Morgan fingerprint density at radius 3 is 2.68 bits per heavy atom. The predicted molar refractivity (Wildman–Crippen MR) is 101 cm³/mol. The molecule has 1 atom stereocenters. The van der Waals surface area contributed by atoms with E-state index in [1.807, 2.05) is 39.0 Å². The van der Waals surface area contributed by atoms with Crippen molar-refractivity contribution < 1.29 is 14.4 Å². The maximum absolute atomic E-state index is 12.7. The molecule has 25 heavy (non-hydrogen) atoms. The van der Waals surface area contributed by atoms with E-state index in [0.717, 1.165) is 41.7 Å². The zero-order chi connectivity index (χ0) is 18.2. The fourth-order valence-corrected chi connectivity index (χ4v) is 3.03. The number of carbonyl (C=O) groups excluding carboxylic acids is 1. The van der Waals surface area contributed by atoms with E-state index < -0.39 is 0 Å². The maximum Gasteiger partial charge on any atom is 0.338 e. The molecule has 0 aliphatic carbocycles. The lowest BCUT2D eigenvalue weighted by Gasteiger charge is -2.17. The highest BCUT2D eigenvalue weighted by Crippen LogP contribution is 2.21. The molecule has 0 spiro atoms. The second kappa shape index (κ2) is 9.21. The number of cyclic esters (lactones) is 1. The van der Waals surface area contributed by atoms with Gasteiger partial charge in [-0.3, -0.25) is 0 Å². The molecule has 0 amide bonds. The lowest BCUT2D eigenvalue weighted by atomic mass is 9.95. The van der Waals surface area contributed by atoms with Crippen LogP contribution >= 0.6 is 0 Å². The maximum atomic E-state index is 12.7. The first kappa shape index (κ1) is 19.0. The van der Waals surface area contributed by atoms with Gasteiger partial charge in [0.25, 0.3) is 0 Å². The quantitative estimate of drug-likeness (QED) is 0.423. The van der Waals surface area contributed by atoms with Gasteiger partial charge in [0.05, 0.1) is 11.3 Å². The van der Waals surface area contributed by atoms with E-state index in [0.29, 0.717) is 12.0 Å². The Hall–Kier alpha value is -2.36. The second-order valence-corrected chi connectivity index (χ2v) is 6.46. The van der Waals surface area contributed by atoms with Gasteiger partial charge in [-0.25, -0.2) is 4.79 Å². The van der Waals surface area contributed by atoms with Crippen molar-refractivity contribution in [2.45, 2.75) is 52.6 Å². The highest BCUT2D eigenvalue weighted by atomic mass is 16.6. The van der Waals surface area contributed by atoms with Crippen molar-refractivity contribution in [2.24, 2.45) is 5.16 Å². The van der Waals surface area contributed by atoms with E-state index in [2.05, 4.69) is 23.4 Å². The molecule has 0 N–H and O–H groups in total. The molecule has 0 bridgehead atoms. The number of rotatable bonds is 1. The highest BCUT2D eigenvalue weighted by Gasteiger charge is 2.19. The molecule has 0 fully saturated rings. The van der Waals surface area contributed by atoms with Gasteiger partial charge in [0.2, 0.25) is 0 Å². The average molecular weight is 341 g/mol. The van der Waals surface area contributed by atoms with Crippen LogP contribution in [0.1, 0.15) is 53.2 Å². The van der Waals surface area contributed by atoms with Gasteiger partial charge in [-0.15, -0.1) is 0 Å². The summed E-state index contributed by atoms with van der Waals surface area (Å²) in [5.74, 6) is -0.272. The van der Waals surface area contributed by atoms with Crippen molar-refractivity contribution in [3.05, 3.63) is 58.7 Å². The van der Waals surface area contributed by atoms with Gasteiger partial charge < -0.3 is 9.57 Å². The summed E-state index contributed by atoms with van der Waals surface area (Å²) in [5, 5.41) is 4.11. The average Bonchev–Trinajstić information content (AvgIpc) is 2.52. The van der Waals surface area contributed by atoms with E-state index >= 15 is 0 Å². The third kappa shape index (κ3) is 5.59. The van der Waals surface area contributed by atoms with Gasteiger partial charge in [-0.05, 0) is 50.8 Å². The van der Waals surface area contributed by atoms with Crippen LogP contribution in [0, 0.1) is 13.8 Å². The van der Waals surface area contributed by atoms with E-state index in [9.17, 15) is 4.79 Å². The number of esters is 1. The fraction of sp³-hybridized carbons (Fsp3) is 0.429. The van der Waals surface area contributed by atoms with Gasteiger partial charge in [-0.2, -0.15) is 0 Å². The van der Waals surface area contributed by atoms with Crippen LogP contribution in [0.25, 0.3) is 0 Å². The van der Waals surface area contributed by atoms with Crippen molar-refractivity contribution in [3.63, 3.8) is 0 Å². The molecular weight excluding hydrogens is 314 g/mol. The molecular formula is C21H27NO3. The third-order valence-corrected chi connectivity index (χ3v) is 4.10. The Balaban J connectivity index is 2.46. The van der Waals surface area contributed by atoms with Crippen LogP contribution in [0.15, 0.2) is 41.6 Å². The van der Waals surface area contributed by atoms with Crippen LogP contribution in [0.5, 0.6) is 0 Å². The van der Waals surface area contributed by atoms with Gasteiger partial charge >= 0.3 is 5.97 Å². The monoisotopic (exact) mass is 341 g/mol. The molecule has 1 unspecified atom stereocenters. The first-order valence-corrected chi connectivity index (χ1v) is 8.74. The van der Waals surface area contributed by atoms with Crippen molar-refractivity contribution >= 4 is 11.7 Å². The van der Waals surface area contributed by atoms with E-state index in [1.165, 1.54) is 7.11 Å². The smallest absolute Gasteiger partial charge is 0.338 e. The number of oxime groups is 1. The van der Waals surface area contributed by atoms with Crippen molar-refractivity contribution in [1.29, 1.82) is 0 Å². The lowest BCUT2D eigenvalue weighted by molar-refractivity contribution is 0.0346. The standard InChI is InChI=1S/C21H27NO3/c1-15-12-16(2)20-18(13-15)14-19(22-24-4)11-9-7-5-6-8-10-17(3)25-21(20)23/h6,8-9,11-13,17H,5,7,10,14H2,1-4H3/b8-6+,11-9?,22-19?. The topological polar surface area (TPSA) is 47.9 Å². The fourth-order valence-electron chi connectivity index (χ4n) is 3.03. The first-order valence-electron chi connectivity index (χ1n) is 8.74. The highest BCUT2D eigenvalue weighted by molar-refractivity contribution is 5.99. The Morgan fingerprint density at radius 1 is 1.16 bits per heavy atom. The number of fused-ring (bicyclic) bond motifs is 1. The number of aryl methyl sites for hydroxylation is 2. The summed E-state index contributed by atoms with van der Waals surface area (Å²) >= 11 is 0. The molecule has 0 saturated heterocycles. The molecule has 2 rings (SSSR count). The van der Waals surface area contributed by atoms with Crippen LogP contribution in [-0.4, -0.2) is 24.9 Å².